The number of aromatic nitrogens is 2. The molecular formula is C28H29N5O3S2. The Kier molecular flexibility index (Phi) is 6.85. The number of hydrogen-bond acceptors (Lipinski definition) is 5. The number of anilines is 2. The minimum atomic E-state index is -3.48. The number of pyridine rings is 1. The molecule has 2 unspecified atom stereocenters. The first-order chi connectivity index (χ1) is 18.2. The fraction of sp³-hybridized carbons (Fsp3) is 0.214. The van der Waals surface area contributed by atoms with E-state index in [1.54, 1.807) is 18.3 Å². The van der Waals surface area contributed by atoms with Crippen LogP contribution in [0.5, 0.6) is 5.75 Å². The van der Waals surface area contributed by atoms with Crippen LogP contribution >= 0.6 is 12.2 Å². The van der Waals surface area contributed by atoms with Gasteiger partial charge in [-0.15, -0.1) is 0 Å². The third-order valence-electron chi connectivity index (χ3n) is 6.71. The van der Waals surface area contributed by atoms with E-state index in [1.807, 2.05) is 41.4 Å². The second kappa shape index (κ2) is 10.1. The Labute approximate surface area is 228 Å². The summed E-state index contributed by atoms with van der Waals surface area (Å²) in [5.41, 5.74) is 6.48. The summed E-state index contributed by atoms with van der Waals surface area (Å²) < 4.78 is 34.0. The van der Waals surface area contributed by atoms with E-state index in [1.165, 1.54) is 18.2 Å². The highest BCUT2D eigenvalue weighted by atomic mass is 32.2. The molecule has 0 aliphatic carbocycles. The molecule has 1 saturated heterocycles. The van der Waals surface area contributed by atoms with Gasteiger partial charge in [0.15, 0.2) is 5.11 Å². The molecule has 1 fully saturated rings. The molecule has 0 saturated carbocycles. The zero-order chi connectivity index (χ0) is 27.0. The zero-order valence-electron chi connectivity index (χ0n) is 21.5. The average molecular weight is 548 g/mol. The van der Waals surface area contributed by atoms with Crippen LogP contribution in [0.15, 0.2) is 79.1 Å². The van der Waals surface area contributed by atoms with Gasteiger partial charge in [0.1, 0.15) is 11.8 Å². The fourth-order valence-corrected chi connectivity index (χ4v) is 5.71. The van der Waals surface area contributed by atoms with Gasteiger partial charge in [-0.05, 0) is 85.7 Å². The highest BCUT2D eigenvalue weighted by Crippen LogP contribution is 2.44. The summed E-state index contributed by atoms with van der Waals surface area (Å²) in [6.07, 6.45) is 4.93. The van der Waals surface area contributed by atoms with Gasteiger partial charge in [0.25, 0.3) is 0 Å². The lowest BCUT2D eigenvalue weighted by Crippen LogP contribution is -2.30. The number of methoxy groups -OCH3 is 1. The van der Waals surface area contributed by atoms with Crippen molar-refractivity contribution in [1.29, 1.82) is 0 Å². The minimum Gasteiger partial charge on any atom is -0.494 e. The fourth-order valence-electron chi connectivity index (χ4n) is 4.79. The van der Waals surface area contributed by atoms with Crippen molar-refractivity contribution in [2.45, 2.75) is 25.9 Å². The van der Waals surface area contributed by atoms with Crippen molar-refractivity contribution >= 4 is 38.7 Å². The monoisotopic (exact) mass is 547 g/mol. The topological polar surface area (TPSA) is 88.5 Å². The lowest BCUT2D eigenvalue weighted by atomic mass is 10.0. The number of benzene rings is 2. The van der Waals surface area contributed by atoms with E-state index in [2.05, 4.69) is 57.7 Å². The van der Waals surface area contributed by atoms with E-state index in [-0.39, 0.29) is 12.1 Å². The van der Waals surface area contributed by atoms with Crippen LogP contribution in [0.4, 0.5) is 11.4 Å². The van der Waals surface area contributed by atoms with Crippen LogP contribution in [-0.4, -0.2) is 36.4 Å². The van der Waals surface area contributed by atoms with E-state index in [9.17, 15) is 8.42 Å². The molecule has 0 spiro atoms. The van der Waals surface area contributed by atoms with Crippen molar-refractivity contribution in [3.63, 3.8) is 0 Å². The number of thiocarbonyl (C=S) groups is 1. The molecule has 38 heavy (non-hydrogen) atoms. The molecular weight excluding hydrogens is 518 g/mol. The van der Waals surface area contributed by atoms with E-state index in [0.717, 1.165) is 29.0 Å². The van der Waals surface area contributed by atoms with Gasteiger partial charge in [-0.3, -0.25) is 9.71 Å². The third-order valence-corrected chi connectivity index (χ3v) is 7.61. The van der Waals surface area contributed by atoms with Crippen LogP contribution in [0, 0.1) is 13.8 Å². The summed E-state index contributed by atoms with van der Waals surface area (Å²) in [7, 11) is -1.97. The molecule has 0 radical (unpaired) electrons. The van der Waals surface area contributed by atoms with Crippen molar-refractivity contribution in [3.05, 3.63) is 102 Å². The van der Waals surface area contributed by atoms with Crippen molar-refractivity contribution in [2.75, 3.05) is 23.0 Å². The highest BCUT2D eigenvalue weighted by Gasteiger charge is 2.42. The molecule has 4 aromatic rings. The quantitative estimate of drug-likeness (QED) is 0.313. The molecule has 0 amide bonds. The largest absolute Gasteiger partial charge is 0.494 e. The van der Waals surface area contributed by atoms with E-state index < -0.39 is 10.0 Å². The number of sulfonamides is 1. The Hall–Kier alpha value is -3.89. The summed E-state index contributed by atoms with van der Waals surface area (Å²) in [6, 6.07) is 21.2. The van der Waals surface area contributed by atoms with Crippen LogP contribution in [-0.2, 0) is 10.0 Å². The van der Waals surface area contributed by atoms with Gasteiger partial charge in [-0.1, -0.05) is 12.1 Å². The SMILES string of the molecule is COc1cc(N2C(=S)NC(c3ccccn3)C2c2cccn2-c2ccc(C)c(C)c2)ccc1NS(C)(=O)=O. The Morgan fingerprint density at radius 3 is 2.47 bits per heavy atom. The Bertz CT molecular complexity index is 1600. The van der Waals surface area contributed by atoms with Crippen LogP contribution in [0.1, 0.15) is 34.6 Å². The third kappa shape index (κ3) is 4.97. The molecule has 2 aromatic heterocycles. The maximum atomic E-state index is 11.9. The number of nitrogens with zero attached hydrogens (tertiary/aromatic N) is 3. The number of nitrogens with one attached hydrogen (secondary N) is 2. The summed E-state index contributed by atoms with van der Waals surface area (Å²) in [4.78, 5) is 6.68. The Morgan fingerprint density at radius 1 is 1.00 bits per heavy atom. The lowest BCUT2D eigenvalue weighted by molar-refractivity contribution is 0.417. The van der Waals surface area contributed by atoms with Crippen LogP contribution in [0.25, 0.3) is 5.69 Å². The van der Waals surface area contributed by atoms with E-state index in [0.29, 0.717) is 16.5 Å². The smallest absolute Gasteiger partial charge is 0.229 e. The summed E-state index contributed by atoms with van der Waals surface area (Å²) in [6.45, 7) is 4.21. The van der Waals surface area contributed by atoms with Gasteiger partial charge in [0.05, 0.1) is 30.8 Å². The van der Waals surface area contributed by atoms with Crippen molar-refractivity contribution in [3.8, 4) is 11.4 Å². The first kappa shape index (κ1) is 25.7. The van der Waals surface area contributed by atoms with E-state index >= 15 is 0 Å². The lowest BCUT2D eigenvalue weighted by Gasteiger charge is -2.29. The predicted octanol–water partition coefficient (Wildman–Crippen LogP) is 5.05. The second-order valence-electron chi connectivity index (χ2n) is 9.33. The van der Waals surface area contributed by atoms with Crippen molar-refractivity contribution < 1.29 is 13.2 Å². The molecule has 3 heterocycles. The second-order valence-corrected chi connectivity index (χ2v) is 11.5. The molecule has 2 N–H and O–H groups in total. The summed E-state index contributed by atoms with van der Waals surface area (Å²) in [5, 5.41) is 4.01. The number of rotatable bonds is 7. The maximum absolute atomic E-state index is 11.9. The molecule has 8 nitrogen and oxygen atoms in total. The molecule has 1 aliphatic rings. The Balaban J connectivity index is 1.65. The normalized spacial score (nSPS) is 17.4. The molecule has 0 bridgehead atoms. The predicted molar refractivity (Wildman–Crippen MR) is 155 cm³/mol. The first-order valence-corrected chi connectivity index (χ1v) is 14.4. The van der Waals surface area contributed by atoms with Gasteiger partial charge in [-0.25, -0.2) is 8.42 Å². The molecule has 5 rings (SSSR count). The minimum absolute atomic E-state index is 0.233. The Morgan fingerprint density at radius 2 is 1.79 bits per heavy atom. The molecule has 2 atom stereocenters. The summed E-state index contributed by atoms with van der Waals surface area (Å²) >= 11 is 5.87. The van der Waals surface area contributed by atoms with Crippen LogP contribution in [0.2, 0.25) is 0 Å². The summed E-state index contributed by atoms with van der Waals surface area (Å²) in [5.74, 6) is 0.389. The first-order valence-electron chi connectivity index (χ1n) is 12.1. The molecule has 196 valence electrons. The molecule has 2 aromatic carbocycles. The van der Waals surface area contributed by atoms with Crippen LogP contribution in [0.3, 0.4) is 0 Å². The van der Waals surface area contributed by atoms with Crippen molar-refractivity contribution in [1.82, 2.24) is 14.9 Å². The highest BCUT2D eigenvalue weighted by molar-refractivity contribution is 7.92. The molecule has 10 heteroatoms. The van der Waals surface area contributed by atoms with Gasteiger partial charge < -0.3 is 19.5 Å². The van der Waals surface area contributed by atoms with Gasteiger partial charge in [0, 0.05) is 35.5 Å². The maximum Gasteiger partial charge on any atom is 0.229 e. The van der Waals surface area contributed by atoms with E-state index in [4.69, 9.17) is 17.0 Å². The number of ether oxygens (including phenoxy) is 1. The van der Waals surface area contributed by atoms with Gasteiger partial charge >= 0.3 is 0 Å². The van der Waals surface area contributed by atoms with Gasteiger partial charge in [-0.2, -0.15) is 0 Å². The van der Waals surface area contributed by atoms with Crippen molar-refractivity contribution in [2.24, 2.45) is 0 Å². The van der Waals surface area contributed by atoms with Crippen LogP contribution < -0.4 is 19.7 Å². The average Bonchev–Trinajstić information content (AvgIpc) is 3.50. The number of aryl methyl sites for hydroxylation is 2. The molecule has 1 aliphatic heterocycles. The number of hydrogen-bond donors (Lipinski definition) is 2. The standard InChI is InChI=1S/C28H29N5O3S2/c1-18-10-11-20(16-19(18)2)32-15-7-9-24(32)27-26(23-8-5-6-14-29-23)30-28(37)33(27)21-12-13-22(25(17-21)36-3)31-38(4,34)35/h5-17,26-27,31H,1-4H3,(H,30,37). The van der Waals surface area contributed by atoms with Gasteiger partial charge in [0.2, 0.25) is 10.0 Å². The zero-order valence-corrected chi connectivity index (χ0v) is 23.2.